The molecule has 132 valence electrons. The van der Waals surface area contributed by atoms with Crippen molar-refractivity contribution in [2.45, 2.75) is 0 Å². The number of esters is 1. The number of furan rings is 1. The van der Waals surface area contributed by atoms with E-state index in [4.69, 9.17) is 13.9 Å². The normalized spacial score (nSPS) is 14.4. The Labute approximate surface area is 155 Å². The van der Waals surface area contributed by atoms with E-state index in [-0.39, 0.29) is 11.5 Å². The van der Waals surface area contributed by atoms with Crippen molar-refractivity contribution in [1.29, 1.82) is 0 Å². The first-order valence-electron chi connectivity index (χ1n) is 8.26. The van der Waals surface area contributed by atoms with Gasteiger partial charge in [-0.15, -0.1) is 0 Å². The van der Waals surface area contributed by atoms with E-state index in [0.717, 1.165) is 5.56 Å². The van der Waals surface area contributed by atoms with E-state index >= 15 is 0 Å². The summed E-state index contributed by atoms with van der Waals surface area (Å²) >= 11 is 0. The van der Waals surface area contributed by atoms with Gasteiger partial charge in [0, 0.05) is 18.2 Å². The number of carbonyl (C=O) groups is 2. The number of Topliss-reactive ketones (excluding diaryl/α,β-unsaturated/α-hetero) is 1. The van der Waals surface area contributed by atoms with Crippen molar-refractivity contribution >= 4 is 23.9 Å². The molecule has 0 saturated carbocycles. The second-order valence-corrected chi connectivity index (χ2v) is 5.78. The molecular formula is C22H14O5. The quantitative estimate of drug-likeness (QED) is 0.390. The molecule has 0 bridgehead atoms. The molecule has 1 aromatic heterocycles. The smallest absolute Gasteiger partial charge is 0.336 e. The number of rotatable bonds is 4. The van der Waals surface area contributed by atoms with Crippen LogP contribution in [0.1, 0.15) is 21.7 Å². The predicted molar refractivity (Wildman–Crippen MR) is 99.2 cm³/mol. The van der Waals surface area contributed by atoms with Gasteiger partial charge in [0.25, 0.3) is 0 Å². The molecule has 4 rings (SSSR count). The summed E-state index contributed by atoms with van der Waals surface area (Å²) in [6.07, 6.45) is 6.05. The molecule has 0 saturated heterocycles. The zero-order chi connectivity index (χ0) is 18.6. The van der Waals surface area contributed by atoms with Crippen molar-refractivity contribution in [2.24, 2.45) is 0 Å². The molecule has 0 amide bonds. The first kappa shape index (κ1) is 16.6. The Morgan fingerprint density at radius 3 is 2.63 bits per heavy atom. The fraction of sp³-hybridized carbons (Fsp3) is 0. The van der Waals surface area contributed by atoms with Gasteiger partial charge in [0.05, 0.1) is 11.8 Å². The predicted octanol–water partition coefficient (Wildman–Crippen LogP) is 4.51. The van der Waals surface area contributed by atoms with Crippen LogP contribution in [-0.2, 0) is 4.79 Å². The lowest BCUT2D eigenvalue weighted by atomic mass is 10.1. The van der Waals surface area contributed by atoms with Gasteiger partial charge < -0.3 is 13.9 Å². The number of allylic oxidation sites excluding steroid dienone is 1. The molecule has 0 radical (unpaired) electrons. The first-order valence-corrected chi connectivity index (χ1v) is 8.26. The van der Waals surface area contributed by atoms with Gasteiger partial charge in [0.1, 0.15) is 17.3 Å². The minimum Gasteiger partial charge on any atom is -0.465 e. The molecule has 0 aliphatic carbocycles. The Balaban J connectivity index is 1.48. The maximum atomic E-state index is 12.4. The Hall–Kier alpha value is -3.86. The molecule has 1 aliphatic rings. The monoisotopic (exact) mass is 358 g/mol. The van der Waals surface area contributed by atoms with Crippen LogP contribution in [-0.4, -0.2) is 11.8 Å². The van der Waals surface area contributed by atoms with Crippen LogP contribution < -0.4 is 9.47 Å². The average Bonchev–Trinajstić information content (AvgIpc) is 3.30. The molecule has 0 N–H and O–H groups in total. The summed E-state index contributed by atoms with van der Waals surface area (Å²) in [7, 11) is 0. The molecular weight excluding hydrogens is 344 g/mol. The summed E-state index contributed by atoms with van der Waals surface area (Å²) < 4.78 is 16.1. The molecule has 0 atom stereocenters. The number of ketones is 1. The van der Waals surface area contributed by atoms with Crippen LogP contribution >= 0.6 is 0 Å². The lowest BCUT2D eigenvalue weighted by Crippen LogP contribution is -2.03. The van der Waals surface area contributed by atoms with Gasteiger partial charge in [-0.1, -0.05) is 30.3 Å². The highest BCUT2D eigenvalue weighted by Gasteiger charge is 2.28. The van der Waals surface area contributed by atoms with Crippen molar-refractivity contribution < 1.29 is 23.5 Å². The maximum Gasteiger partial charge on any atom is 0.336 e. The minimum absolute atomic E-state index is 0.160. The fourth-order valence-electron chi connectivity index (χ4n) is 2.61. The standard InChI is InChI=1S/C22H14O5/c23-21(11-8-15-5-2-1-3-6-15)26-17-9-10-18-19(14-17)27-20(22(18)24)13-16-7-4-12-25-16/h1-14H/b11-8+,20-13-. The van der Waals surface area contributed by atoms with E-state index in [1.54, 1.807) is 30.3 Å². The summed E-state index contributed by atoms with van der Waals surface area (Å²) in [6, 6.07) is 17.5. The summed E-state index contributed by atoms with van der Waals surface area (Å²) in [6.45, 7) is 0. The van der Waals surface area contributed by atoms with Gasteiger partial charge >= 0.3 is 5.97 Å². The van der Waals surface area contributed by atoms with E-state index in [2.05, 4.69) is 0 Å². The van der Waals surface area contributed by atoms with Crippen molar-refractivity contribution in [2.75, 3.05) is 0 Å². The number of benzene rings is 2. The maximum absolute atomic E-state index is 12.4. The minimum atomic E-state index is -0.519. The van der Waals surface area contributed by atoms with Crippen molar-refractivity contribution in [3.63, 3.8) is 0 Å². The number of fused-ring (bicyclic) bond motifs is 1. The summed E-state index contributed by atoms with van der Waals surface area (Å²) in [5, 5.41) is 0. The molecule has 27 heavy (non-hydrogen) atoms. The number of carbonyl (C=O) groups excluding carboxylic acids is 2. The van der Waals surface area contributed by atoms with Crippen molar-refractivity contribution in [1.82, 2.24) is 0 Å². The van der Waals surface area contributed by atoms with Gasteiger partial charge in [-0.25, -0.2) is 4.79 Å². The average molecular weight is 358 g/mol. The van der Waals surface area contributed by atoms with Gasteiger partial charge in [-0.3, -0.25) is 4.79 Å². The van der Waals surface area contributed by atoms with Crippen molar-refractivity contribution in [3.8, 4) is 11.5 Å². The topological polar surface area (TPSA) is 65.7 Å². The molecule has 5 heteroatoms. The summed E-state index contributed by atoms with van der Waals surface area (Å²) in [5.41, 5.74) is 1.30. The summed E-state index contributed by atoms with van der Waals surface area (Å²) in [5.74, 6) is 0.549. The molecule has 0 fully saturated rings. The van der Waals surface area contributed by atoms with Gasteiger partial charge in [0.2, 0.25) is 5.78 Å². The molecule has 0 unspecified atom stereocenters. The van der Waals surface area contributed by atoms with Crippen LogP contribution in [0.25, 0.3) is 12.2 Å². The fourth-order valence-corrected chi connectivity index (χ4v) is 2.61. The highest BCUT2D eigenvalue weighted by molar-refractivity contribution is 6.14. The van der Waals surface area contributed by atoms with E-state index in [0.29, 0.717) is 22.8 Å². The third kappa shape index (κ3) is 3.72. The zero-order valence-corrected chi connectivity index (χ0v) is 14.1. The van der Waals surface area contributed by atoms with E-state index in [1.807, 2.05) is 30.3 Å². The second kappa shape index (κ2) is 7.17. The molecule has 3 aromatic rings. The second-order valence-electron chi connectivity index (χ2n) is 5.78. The third-order valence-electron chi connectivity index (χ3n) is 3.89. The lowest BCUT2D eigenvalue weighted by Gasteiger charge is -2.03. The SMILES string of the molecule is O=C(/C=C/c1ccccc1)Oc1ccc2c(c1)O/C(=C\c1ccco1)C2=O. The van der Waals surface area contributed by atoms with E-state index < -0.39 is 5.97 Å². The van der Waals surface area contributed by atoms with Crippen molar-refractivity contribution in [3.05, 3.63) is 95.6 Å². The first-order chi connectivity index (χ1) is 13.2. The highest BCUT2D eigenvalue weighted by Crippen LogP contribution is 2.35. The van der Waals surface area contributed by atoms with Gasteiger partial charge in [-0.05, 0) is 35.9 Å². The van der Waals surface area contributed by atoms with Crippen LogP contribution in [0.5, 0.6) is 11.5 Å². The highest BCUT2D eigenvalue weighted by atomic mass is 16.5. The molecule has 2 aromatic carbocycles. The number of hydrogen-bond donors (Lipinski definition) is 0. The van der Waals surface area contributed by atoms with E-state index in [1.165, 1.54) is 24.5 Å². The van der Waals surface area contributed by atoms with Crippen LogP contribution in [0.3, 0.4) is 0 Å². The molecule has 5 nitrogen and oxygen atoms in total. The third-order valence-corrected chi connectivity index (χ3v) is 3.89. The number of ether oxygens (including phenoxy) is 2. The molecule has 0 spiro atoms. The van der Waals surface area contributed by atoms with Crippen LogP contribution in [0.15, 0.2) is 83.2 Å². The zero-order valence-electron chi connectivity index (χ0n) is 14.1. The summed E-state index contributed by atoms with van der Waals surface area (Å²) in [4.78, 5) is 24.3. The Morgan fingerprint density at radius 2 is 1.85 bits per heavy atom. The van der Waals surface area contributed by atoms with Crippen LogP contribution in [0.2, 0.25) is 0 Å². The van der Waals surface area contributed by atoms with Crippen LogP contribution in [0.4, 0.5) is 0 Å². The van der Waals surface area contributed by atoms with Gasteiger partial charge in [-0.2, -0.15) is 0 Å². The lowest BCUT2D eigenvalue weighted by molar-refractivity contribution is -0.128. The largest absolute Gasteiger partial charge is 0.465 e. The number of hydrogen-bond acceptors (Lipinski definition) is 5. The Bertz CT molecular complexity index is 1040. The van der Waals surface area contributed by atoms with E-state index in [9.17, 15) is 9.59 Å². The Morgan fingerprint density at radius 1 is 1.00 bits per heavy atom. The molecule has 1 aliphatic heterocycles. The molecule has 2 heterocycles. The van der Waals surface area contributed by atoms with Crippen LogP contribution in [0, 0.1) is 0 Å². The van der Waals surface area contributed by atoms with Gasteiger partial charge in [0.15, 0.2) is 5.76 Å². The Kier molecular flexibility index (Phi) is 4.41.